The Morgan fingerprint density at radius 1 is 1.18 bits per heavy atom. The standard InChI is InChI=1S/C33H52FN3O8/c1-23(22-43-32(41)37-15-7-10-26(37)21-34)8-6-9-24(2)30-25(3)11-12-28(44-31(40)36-18-16-35(5)17-19-36)33(4,42)14-13-27(38)20-29(39)45-30/h6,8-9,11-12,23,25-28,30,38,42H,7,10,13-22H2,1-5H3/b8-6+,12-11+,24-9+/t23-,25+,26-,27+,28-,30-,33+/m1/s1. The van der Waals surface area contributed by atoms with Crippen molar-refractivity contribution in [2.24, 2.45) is 11.8 Å². The van der Waals surface area contributed by atoms with Crippen LogP contribution in [0.3, 0.4) is 0 Å². The van der Waals surface area contributed by atoms with Crippen LogP contribution in [0, 0.1) is 11.8 Å². The minimum atomic E-state index is -1.48. The number of aliphatic hydroxyl groups excluding tert-OH is 1. The van der Waals surface area contributed by atoms with E-state index in [2.05, 4.69) is 4.90 Å². The van der Waals surface area contributed by atoms with Gasteiger partial charge >= 0.3 is 18.2 Å². The van der Waals surface area contributed by atoms with Crippen molar-refractivity contribution >= 4 is 18.2 Å². The van der Waals surface area contributed by atoms with Crippen LogP contribution in [0.1, 0.15) is 59.8 Å². The van der Waals surface area contributed by atoms with Gasteiger partial charge in [-0.1, -0.05) is 38.2 Å². The number of carbonyl (C=O) groups excluding carboxylic acids is 3. The number of carbonyl (C=O) groups is 3. The third kappa shape index (κ3) is 11.1. The first-order valence-corrected chi connectivity index (χ1v) is 16.1. The van der Waals surface area contributed by atoms with Crippen LogP contribution in [0.2, 0.25) is 0 Å². The van der Waals surface area contributed by atoms with Gasteiger partial charge in [0.15, 0.2) is 6.10 Å². The maximum Gasteiger partial charge on any atom is 0.410 e. The fraction of sp³-hybridized carbons (Fsp3) is 0.727. The van der Waals surface area contributed by atoms with Crippen molar-refractivity contribution < 1.29 is 43.2 Å². The van der Waals surface area contributed by atoms with Crippen LogP contribution in [-0.4, -0.2) is 126 Å². The fourth-order valence-corrected chi connectivity index (χ4v) is 5.69. The molecule has 3 heterocycles. The van der Waals surface area contributed by atoms with E-state index in [-0.39, 0.29) is 37.7 Å². The molecule has 2 amide bonds. The molecule has 0 radical (unpaired) electrons. The number of nitrogens with zero attached hydrogens (tertiary/aromatic N) is 3. The second-order valence-corrected chi connectivity index (χ2v) is 13.0. The summed E-state index contributed by atoms with van der Waals surface area (Å²) < 4.78 is 30.2. The normalized spacial score (nSPS) is 32.4. The van der Waals surface area contributed by atoms with E-state index in [1.807, 2.05) is 40.0 Å². The minimum Gasteiger partial charge on any atom is -0.457 e. The summed E-state index contributed by atoms with van der Waals surface area (Å²) in [5, 5.41) is 21.9. The summed E-state index contributed by atoms with van der Waals surface area (Å²) in [6.07, 6.45) is 6.56. The molecule has 0 aliphatic carbocycles. The minimum absolute atomic E-state index is 0.107. The van der Waals surface area contributed by atoms with E-state index in [9.17, 15) is 29.0 Å². The number of hydrogen-bond donors (Lipinski definition) is 2. The number of piperazine rings is 1. The molecule has 45 heavy (non-hydrogen) atoms. The average molecular weight is 638 g/mol. The molecular formula is C33H52FN3O8. The number of aliphatic hydroxyl groups is 2. The predicted octanol–water partition coefficient (Wildman–Crippen LogP) is 3.85. The Labute approximate surface area is 266 Å². The Hall–Kier alpha value is -2.96. The number of esters is 1. The van der Waals surface area contributed by atoms with E-state index in [0.717, 1.165) is 25.1 Å². The van der Waals surface area contributed by atoms with Crippen molar-refractivity contribution in [1.29, 1.82) is 0 Å². The van der Waals surface area contributed by atoms with Gasteiger partial charge < -0.3 is 39.1 Å². The van der Waals surface area contributed by atoms with Crippen LogP contribution in [0.25, 0.3) is 0 Å². The summed E-state index contributed by atoms with van der Waals surface area (Å²) in [5.74, 6) is -1.04. The van der Waals surface area contributed by atoms with E-state index in [4.69, 9.17) is 14.2 Å². The van der Waals surface area contributed by atoms with Crippen molar-refractivity contribution in [1.82, 2.24) is 14.7 Å². The van der Waals surface area contributed by atoms with Crippen LogP contribution in [0.5, 0.6) is 0 Å². The second-order valence-electron chi connectivity index (χ2n) is 13.0. The zero-order valence-electron chi connectivity index (χ0n) is 27.4. The number of allylic oxidation sites excluding steroid dienone is 2. The molecule has 0 saturated carbocycles. The zero-order chi connectivity index (χ0) is 33.1. The summed E-state index contributed by atoms with van der Waals surface area (Å²) in [5.41, 5.74) is -0.750. The highest BCUT2D eigenvalue weighted by molar-refractivity contribution is 5.70. The predicted molar refractivity (Wildman–Crippen MR) is 167 cm³/mol. The molecule has 2 N–H and O–H groups in total. The van der Waals surface area contributed by atoms with Crippen LogP contribution in [-0.2, 0) is 19.0 Å². The SMILES string of the molecule is C/C(=C\C=C\[C@@H](C)COC(=O)N1CCC[C@@H]1CF)[C@H]1OC(=O)C[C@@H](O)CC[C@](C)(O)[C@H](OC(=O)N2CCN(C)CC2)/C=C/[C@@H]1C. The number of rotatable bonds is 7. The highest BCUT2D eigenvalue weighted by Crippen LogP contribution is 2.27. The van der Waals surface area contributed by atoms with Crippen LogP contribution >= 0.6 is 0 Å². The first-order valence-electron chi connectivity index (χ1n) is 16.1. The Morgan fingerprint density at radius 2 is 1.89 bits per heavy atom. The van der Waals surface area contributed by atoms with Gasteiger partial charge in [0.05, 0.1) is 25.2 Å². The Kier molecular flexibility index (Phi) is 13.9. The van der Waals surface area contributed by atoms with Crippen molar-refractivity contribution in [3.8, 4) is 0 Å². The summed E-state index contributed by atoms with van der Waals surface area (Å²) in [4.78, 5) is 43.3. The summed E-state index contributed by atoms with van der Waals surface area (Å²) >= 11 is 0. The van der Waals surface area contributed by atoms with Gasteiger partial charge in [0.2, 0.25) is 0 Å². The van der Waals surface area contributed by atoms with Gasteiger partial charge in [0.25, 0.3) is 0 Å². The maximum absolute atomic E-state index is 13.1. The molecule has 7 atom stereocenters. The zero-order valence-corrected chi connectivity index (χ0v) is 27.4. The Bertz CT molecular complexity index is 1090. The molecule has 3 aliphatic rings. The Balaban J connectivity index is 1.70. The van der Waals surface area contributed by atoms with Gasteiger partial charge in [0.1, 0.15) is 18.4 Å². The molecular weight excluding hydrogens is 585 g/mol. The number of alkyl halides is 1. The number of amides is 2. The molecule has 0 aromatic heterocycles. The molecule has 0 bridgehead atoms. The molecule has 0 aromatic rings. The number of likely N-dealkylation sites (tertiary alicyclic amines) is 1. The van der Waals surface area contributed by atoms with Crippen molar-refractivity contribution in [2.75, 3.05) is 53.1 Å². The molecule has 11 nitrogen and oxygen atoms in total. The van der Waals surface area contributed by atoms with E-state index in [0.29, 0.717) is 26.1 Å². The lowest BCUT2D eigenvalue weighted by Gasteiger charge is -2.36. The van der Waals surface area contributed by atoms with Crippen molar-refractivity contribution in [3.05, 3.63) is 36.0 Å². The summed E-state index contributed by atoms with van der Waals surface area (Å²) in [7, 11) is 1.99. The summed E-state index contributed by atoms with van der Waals surface area (Å²) in [6, 6.07) is -0.412. The van der Waals surface area contributed by atoms with Gasteiger partial charge in [-0.15, -0.1) is 0 Å². The van der Waals surface area contributed by atoms with E-state index >= 15 is 0 Å². The van der Waals surface area contributed by atoms with Gasteiger partial charge in [0, 0.05) is 44.6 Å². The van der Waals surface area contributed by atoms with Crippen molar-refractivity contribution in [2.45, 2.75) is 89.8 Å². The number of cyclic esters (lactones) is 1. The highest BCUT2D eigenvalue weighted by atomic mass is 19.1. The number of halogens is 1. The third-order valence-electron chi connectivity index (χ3n) is 8.82. The van der Waals surface area contributed by atoms with E-state index in [1.165, 1.54) is 4.90 Å². The quantitative estimate of drug-likeness (QED) is 0.185. The second kappa shape index (κ2) is 17.1. The van der Waals surface area contributed by atoms with E-state index < -0.39 is 54.8 Å². The summed E-state index contributed by atoms with van der Waals surface area (Å²) in [6.45, 7) is 9.71. The Morgan fingerprint density at radius 3 is 2.58 bits per heavy atom. The molecule has 3 rings (SSSR count). The molecule has 3 aliphatic heterocycles. The largest absolute Gasteiger partial charge is 0.457 e. The van der Waals surface area contributed by atoms with Crippen LogP contribution in [0.15, 0.2) is 36.0 Å². The lowest BCUT2D eigenvalue weighted by Crippen LogP contribution is -2.50. The molecule has 254 valence electrons. The molecule has 0 spiro atoms. The molecule has 0 aromatic carbocycles. The monoisotopic (exact) mass is 637 g/mol. The van der Waals surface area contributed by atoms with Gasteiger partial charge in [-0.25, -0.2) is 14.0 Å². The third-order valence-corrected chi connectivity index (χ3v) is 8.82. The smallest absolute Gasteiger partial charge is 0.410 e. The lowest BCUT2D eigenvalue weighted by atomic mass is 9.89. The highest BCUT2D eigenvalue weighted by Gasteiger charge is 2.37. The molecule has 0 unspecified atom stereocenters. The van der Waals surface area contributed by atoms with Crippen LogP contribution in [0.4, 0.5) is 14.0 Å². The van der Waals surface area contributed by atoms with Gasteiger partial charge in [-0.3, -0.25) is 4.79 Å². The van der Waals surface area contributed by atoms with Crippen molar-refractivity contribution in [3.63, 3.8) is 0 Å². The topological polar surface area (TPSA) is 129 Å². The first-order chi connectivity index (χ1) is 21.3. The number of hydrogen-bond acceptors (Lipinski definition) is 9. The van der Waals surface area contributed by atoms with Gasteiger partial charge in [-0.2, -0.15) is 0 Å². The molecule has 2 fully saturated rings. The van der Waals surface area contributed by atoms with Crippen LogP contribution < -0.4 is 0 Å². The average Bonchev–Trinajstić information content (AvgIpc) is 3.48. The molecule has 12 heteroatoms. The molecule has 2 saturated heterocycles. The van der Waals surface area contributed by atoms with Gasteiger partial charge in [-0.05, 0) is 58.2 Å². The lowest BCUT2D eigenvalue weighted by molar-refractivity contribution is -0.151. The number of likely N-dealkylation sites (N-methyl/N-ethyl adjacent to an activating group) is 1. The van der Waals surface area contributed by atoms with E-state index in [1.54, 1.807) is 30.1 Å². The number of ether oxygens (including phenoxy) is 3. The maximum atomic E-state index is 13.1. The fourth-order valence-electron chi connectivity index (χ4n) is 5.69. The first kappa shape index (κ1) is 36.5.